The number of hydrogen-bond acceptors (Lipinski definition) is 6. The second-order valence-corrected chi connectivity index (χ2v) is 5.70. The van der Waals surface area contributed by atoms with E-state index in [1.807, 2.05) is 13.8 Å². The average Bonchev–Trinajstić information content (AvgIpc) is 2.68. The summed E-state index contributed by atoms with van der Waals surface area (Å²) in [6, 6.07) is 6.20. The molecule has 4 N–H and O–H groups in total. The zero-order valence-electron chi connectivity index (χ0n) is 15.5. The van der Waals surface area contributed by atoms with Crippen molar-refractivity contribution in [2.45, 2.75) is 13.8 Å². The molecule has 0 unspecified atom stereocenters. The monoisotopic (exact) mass is 380 g/mol. The van der Waals surface area contributed by atoms with Gasteiger partial charge in [-0.2, -0.15) is 0 Å². The number of rotatable bonds is 5. The Kier molecular flexibility index (Phi) is 5.90. The molecule has 0 radical (unpaired) electrons. The number of hydrogen-bond donors (Lipinski definition) is 4. The Labute approximate surface area is 161 Å². The van der Waals surface area contributed by atoms with Crippen molar-refractivity contribution in [1.29, 1.82) is 0 Å². The molecule has 0 aliphatic carbocycles. The van der Waals surface area contributed by atoms with Gasteiger partial charge in [0.1, 0.15) is 17.2 Å². The molecule has 0 saturated carbocycles. The van der Waals surface area contributed by atoms with Crippen molar-refractivity contribution in [2.24, 2.45) is 0 Å². The van der Waals surface area contributed by atoms with Crippen molar-refractivity contribution in [1.82, 2.24) is 30.6 Å². The van der Waals surface area contributed by atoms with E-state index in [2.05, 4.69) is 41.2 Å². The molecule has 3 aromatic heterocycles. The summed E-state index contributed by atoms with van der Waals surface area (Å²) in [6.45, 7) is 4.71. The van der Waals surface area contributed by atoms with Crippen LogP contribution in [0.2, 0.25) is 0 Å². The molecule has 3 heterocycles. The average molecular weight is 380 g/mol. The van der Waals surface area contributed by atoms with Crippen LogP contribution in [0.3, 0.4) is 0 Å². The minimum atomic E-state index is -0.335. The smallest absolute Gasteiger partial charge is 0.320 e. The Bertz CT molecular complexity index is 991. The number of carbonyl (C=O) groups is 2. The summed E-state index contributed by atoms with van der Waals surface area (Å²) < 4.78 is 0. The first-order chi connectivity index (χ1) is 13.6. The maximum atomic E-state index is 11.6. The van der Waals surface area contributed by atoms with Crippen LogP contribution in [0.1, 0.15) is 13.8 Å². The van der Waals surface area contributed by atoms with E-state index in [4.69, 9.17) is 0 Å². The van der Waals surface area contributed by atoms with E-state index in [0.29, 0.717) is 41.6 Å². The van der Waals surface area contributed by atoms with Crippen molar-refractivity contribution in [3.05, 3.63) is 36.7 Å². The molecular weight excluding hydrogens is 360 g/mol. The number of amides is 4. The van der Waals surface area contributed by atoms with Crippen LogP contribution in [-0.4, -0.2) is 45.1 Å². The number of carbonyl (C=O) groups excluding carboxylic acids is 2. The van der Waals surface area contributed by atoms with E-state index >= 15 is 0 Å². The van der Waals surface area contributed by atoms with E-state index < -0.39 is 0 Å². The Morgan fingerprint density at radius 2 is 1.50 bits per heavy atom. The van der Waals surface area contributed by atoms with Gasteiger partial charge in [-0.25, -0.2) is 24.5 Å². The summed E-state index contributed by atoms with van der Waals surface area (Å²) in [5.74, 6) is 0.805. The van der Waals surface area contributed by atoms with Gasteiger partial charge in [0, 0.05) is 24.8 Å². The maximum Gasteiger partial charge on any atom is 0.320 e. The van der Waals surface area contributed by atoms with Crippen LogP contribution < -0.4 is 21.3 Å². The molecule has 0 spiro atoms. The van der Waals surface area contributed by atoms with Crippen LogP contribution in [0, 0.1) is 0 Å². The van der Waals surface area contributed by atoms with Crippen LogP contribution in [0.15, 0.2) is 36.7 Å². The number of nitrogens with zero attached hydrogens (tertiary/aromatic N) is 4. The molecule has 10 nitrogen and oxygen atoms in total. The van der Waals surface area contributed by atoms with Crippen molar-refractivity contribution in [3.8, 4) is 11.3 Å². The number of aromatic nitrogens is 4. The Morgan fingerprint density at radius 1 is 0.821 bits per heavy atom. The minimum absolute atomic E-state index is 0.315. The number of fused-ring (bicyclic) bond motifs is 1. The highest BCUT2D eigenvalue weighted by atomic mass is 16.2. The summed E-state index contributed by atoms with van der Waals surface area (Å²) >= 11 is 0. The highest BCUT2D eigenvalue weighted by molar-refractivity contribution is 5.89. The fraction of sp³-hybridized carbons (Fsp3) is 0.222. The minimum Gasteiger partial charge on any atom is -0.338 e. The van der Waals surface area contributed by atoms with Gasteiger partial charge in [-0.1, -0.05) is 0 Å². The van der Waals surface area contributed by atoms with Crippen LogP contribution in [0.5, 0.6) is 0 Å². The second-order valence-electron chi connectivity index (χ2n) is 5.70. The molecule has 0 saturated heterocycles. The van der Waals surface area contributed by atoms with Gasteiger partial charge in [0.15, 0.2) is 5.65 Å². The molecule has 0 bridgehead atoms. The summed E-state index contributed by atoms with van der Waals surface area (Å²) in [4.78, 5) is 40.6. The SMILES string of the molecule is CCNC(=O)Nc1ccc(-c2cnc3ccc(NC(=O)NCC)nc3n2)cn1. The van der Waals surface area contributed by atoms with Gasteiger partial charge in [-0.15, -0.1) is 0 Å². The van der Waals surface area contributed by atoms with E-state index in [-0.39, 0.29) is 12.1 Å². The summed E-state index contributed by atoms with van der Waals surface area (Å²) in [7, 11) is 0. The van der Waals surface area contributed by atoms with E-state index in [1.54, 1.807) is 36.7 Å². The molecule has 0 fully saturated rings. The first-order valence-electron chi connectivity index (χ1n) is 8.79. The van der Waals surface area contributed by atoms with E-state index in [1.165, 1.54) is 0 Å². The molecule has 28 heavy (non-hydrogen) atoms. The lowest BCUT2D eigenvalue weighted by molar-refractivity contribution is 0.251. The quantitative estimate of drug-likeness (QED) is 0.537. The van der Waals surface area contributed by atoms with Gasteiger partial charge in [0.05, 0.1) is 11.9 Å². The molecule has 0 aromatic carbocycles. The first-order valence-corrected chi connectivity index (χ1v) is 8.79. The normalized spacial score (nSPS) is 10.4. The largest absolute Gasteiger partial charge is 0.338 e. The van der Waals surface area contributed by atoms with Crippen molar-refractivity contribution >= 4 is 34.9 Å². The highest BCUT2D eigenvalue weighted by Crippen LogP contribution is 2.20. The zero-order chi connectivity index (χ0) is 19.9. The molecule has 0 aliphatic heterocycles. The molecule has 144 valence electrons. The molecule has 0 aliphatic rings. The van der Waals surface area contributed by atoms with Crippen LogP contribution in [-0.2, 0) is 0 Å². The summed E-state index contributed by atoms with van der Waals surface area (Å²) in [5.41, 5.74) is 2.30. The molecule has 0 atom stereocenters. The summed E-state index contributed by atoms with van der Waals surface area (Å²) in [5, 5.41) is 10.5. The number of anilines is 2. The van der Waals surface area contributed by atoms with E-state index in [9.17, 15) is 9.59 Å². The maximum absolute atomic E-state index is 11.6. The fourth-order valence-electron chi connectivity index (χ4n) is 2.37. The lowest BCUT2D eigenvalue weighted by atomic mass is 10.2. The van der Waals surface area contributed by atoms with Crippen molar-refractivity contribution in [3.63, 3.8) is 0 Å². The fourth-order valence-corrected chi connectivity index (χ4v) is 2.37. The van der Waals surface area contributed by atoms with Crippen molar-refractivity contribution in [2.75, 3.05) is 23.7 Å². The number of nitrogens with one attached hydrogen (secondary N) is 4. The third-order valence-corrected chi connectivity index (χ3v) is 3.62. The highest BCUT2D eigenvalue weighted by Gasteiger charge is 2.08. The predicted octanol–water partition coefficient (Wildman–Crippen LogP) is 2.37. The van der Waals surface area contributed by atoms with Crippen LogP contribution >= 0.6 is 0 Å². The van der Waals surface area contributed by atoms with Gasteiger partial charge in [-0.05, 0) is 38.1 Å². The Morgan fingerprint density at radius 3 is 2.14 bits per heavy atom. The molecule has 3 rings (SSSR count). The molecule has 4 amide bonds. The Balaban J connectivity index is 1.80. The standard InChI is InChI=1S/C18H20N8O2/c1-3-19-17(27)25-14-7-5-11(9-22-14)13-10-21-12-6-8-15(24-16(12)23-13)26-18(28)20-4-2/h5-10H,3-4H2,1-2H3,(H2,19,22,25,27)(H2,20,23,24,26,28). The number of urea groups is 2. The van der Waals surface area contributed by atoms with Crippen LogP contribution in [0.25, 0.3) is 22.4 Å². The topological polar surface area (TPSA) is 134 Å². The lowest BCUT2D eigenvalue weighted by Gasteiger charge is -2.07. The molecule has 10 heteroatoms. The van der Waals surface area contributed by atoms with Gasteiger partial charge in [0.25, 0.3) is 0 Å². The van der Waals surface area contributed by atoms with E-state index in [0.717, 1.165) is 5.56 Å². The third-order valence-electron chi connectivity index (χ3n) is 3.62. The first kappa shape index (κ1) is 19.0. The molecular formula is C18H20N8O2. The van der Waals surface area contributed by atoms with Gasteiger partial charge >= 0.3 is 12.1 Å². The summed E-state index contributed by atoms with van der Waals surface area (Å²) in [6.07, 6.45) is 3.21. The third kappa shape index (κ3) is 4.67. The van der Waals surface area contributed by atoms with Crippen LogP contribution in [0.4, 0.5) is 21.2 Å². The Hall–Kier alpha value is -3.82. The number of pyridine rings is 2. The van der Waals surface area contributed by atoms with Gasteiger partial charge < -0.3 is 10.6 Å². The van der Waals surface area contributed by atoms with Crippen molar-refractivity contribution < 1.29 is 9.59 Å². The predicted molar refractivity (Wildman–Crippen MR) is 106 cm³/mol. The van der Waals surface area contributed by atoms with Gasteiger partial charge in [0.2, 0.25) is 0 Å². The van der Waals surface area contributed by atoms with Gasteiger partial charge in [-0.3, -0.25) is 15.6 Å². The molecule has 3 aromatic rings. The second kappa shape index (κ2) is 8.71. The zero-order valence-corrected chi connectivity index (χ0v) is 15.5. The lowest BCUT2D eigenvalue weighted by Crippen LogP contribution is -2.28.